The summed E-state index contributed by atoms with van der Waals surface area (Å²) in [6, 6.07) is 30.9. The Morgan fingerprint density at radius 3 is 1.22 bits per heavy atom. The van der Waals surface area contributed by atoms with Gasteiger partial charge in [0.1, 0.15) is 11.5 Å². The first-order chi connectivity index (χ1) is 17.6. The second-order valence-corrected chi connectivity index (χ2v) is 9.07. The van der Waals surface area contributed by atoms with Gasteiger partial charge in [-0.05, 0) is 46.5 Å². The average Bonchev–Trinajstić information content (AvgIpc) is 3.39. The number of carbonyl (C=O) groups is 2. The van der Waals surface area contributed by atoms with Crippen LogP contribution < -0.4 is 9.47 Å². The lowest BCUT2D eigenvalue weighted by Crippen LogP contribution is -2.13. The van der Waals surface area contributed by atoms with Crippen LogP contribution in [0.1, 0.15) is 54.8 Å². The Morgan fingerprint density at radius 2 is 0.861 bits per heavy atom. The van der Waals surface area contributed by atoms with Crippen molar-refractivity contribution in [2.75, 3.05) is 14.2 Å². The van der Waals surface area contributed by atoms with Gasteiger partial charge < -0.3 is 9.47 Å². The molecule has 0 fully saturated rings. The Kier molecular flexibility index (Phi) is 5.30. The predicted octanol–water partition coefficient (Wildman–Crippen LogP) is 6.36. The highest BCUT2D eigenvalue weighted by molar-refractivity contribution is 6.24. The van der Waals surface area contributed by atoms with Gasteiger partial charge in [-0.25, -0.2) is 0 Å². The van der Waals surface area contributed by atoms with E-state index in [4.69, 9.17) is 9.47 Å². The van der Waals surface area contributed by atoms with Crippen LogP contribution in [-0.4, -0.2) is 25.8 Å². The zero-order chi connectivity index (χ0) is 24.8. The third-order valence-electron chi connectivity index (χ3n) is 7.29. The molecule has 4 heteroatoms. The molecule has 0 bridgehead atoms. The standard InChI is InChI=1S/C32H24O4/c1-35-21-15-11-19(12-16-21)27-23-7-3-5-9-25(23)31(33)29(27)30-28(20-13-17-22(36-2)18-14-20)24-8-4-6-10-26(24)32(30)34/h3-18,27-28H,1-2H3/b30-29+/t27-,28-/m1/s1. The summed E-state index contributed by atoms with van der Waals surface area (Å²) in [5, 5.41) is 0. The van der Waals surface area contributed by atoms with Crippen molar-refractivity contribution in [3.8, 4) is 11.5 Å². The minimum atomic E-state index is -0.339. The molecule has 4 aromatic rings. The Hall–Kier alpha value is -4.44. The number of hydrogen-bond donors (Lipinski definition) is 0. The van der Waals surface area contributed by atoms with Crippen molar-refractivity contribution < 1.29 is 19.1 Å². The van der Waals surface area contributed by atoms with Crippen LogP contribution in [0.15, 0.2) is 108 Å². The monoisotopic (exact) mass is 472 g/mol. The van der Waals surface area contributed by atoms with E-state index in [9.17, 15) is 9.59 Å². The molecule has 2 aliphatic carbocycles. The van der Waals surface area contributed by atoms with Crippen molar-refractivity contribution in [3.05, 3.63) is 142 Å². The van der Waals surface area contributed by atoms with Crippen LogP contribution in [0.2, 0.25) is 0 Å². The second kappa shape index (κ2) is 8.65. The summed E-state index contributed by atoms with van der Waals surface area (Å²) in [7, 11) is 3.26. The number of hydrogen-bond acceptors (Lipinski definition) is 4. The van der Waals surface area contributed by atoms with Crippen LogP contribution in [0.3, 0.4) is 0 Å². The Balaban J connectivity index is 1.63. The van der Waals surface area contributed by atoms with Crippen molar-refractivity contribution >= 4 is 11.6 Å². The smallest absolute Gasteiger partial charge is 0.190 e. The largest absolute Gasteiger partial charge is 0.497 e. The molecule has 0 radical (unpaired) electrons. The molecular weight excluding hydrogens is 448 g/mol. The number of ketones is 2. The lowest BCUT2D eigenvalue weighted by atomic mass is 9.81. The van der Waals surface area contributed by atoms with E-state index in [0.29, 0.717) is 22.3 Å². The molecule has 0 saturated heterocycles. The highest BCUT2D eigenvalue weighted by Crippen LogP contribution is 2.51. The third-order valence-corrected chi connectivity index (χ3v) is 7.29. The first-order valence-electron chi connectivity index (χ1n) is 11.9. The van der Waals surface area contributed by atoms with Gasteiger partial charge in [-0.15, -0.1) is 0 Å². The molecule has 0 saturated carbocycles. The number of benzene rings is 4. The molecular formula is C32H24O4. The van der Waals surface area contributed by atoms with Crippen molar-refractivity contribution in [2.24, 2.45) is 0 Å². The molecule has 2 atom stereocenters. The number of allylic oxidation sites excluding steroid dienone is 2. The molecule has 0 spiro atoms. The molecule has 4 nitrogen and oxygen atoms in total. The van der Waals surface area contributed by atoms with Gasteiger partial charge in [0.2, 0.25) is 0 Å². The van der Waals surface area contributed by atoms with E-state index < -0.39 is 0 Å². The molecule has 0 amide bonds. The van der Waals surface area contributed by atoms with Crippen molar-refractivity contribution in [2.45, 2.75) is 11.8 Å². The van der Waals surface area contributed by atoms with Crippen molar-refractivity contribution in [3.63, 3.8) is 0 Å². The molecule has 36 heavy (non-hydrogen) atoms. The van der Waals surface area contributed by atoms with Crippen LogP contribution >= 0.6 is 0 Å². The fraction of sp³-hybridized carbons (Fsp3) is 0.125. The van der Waals surface area contributed by atoms with Gasteiger partial charge in [-0.2, -0.15) is 0 Å². The number of fused-ring (bicyclic) bond motifs is 2. The van der Waals surface area contributed by atoms with E-state index in [0.717, 1.165) is 33.8 Å². The van der Waals surface area contributed by atoms with Crippen molar-refractivity contribution in [1.29, 1.82) is 0 Å². The van der Waals surface area contributed by atoms with Crippen LogP contribution in [0.5, 0.6) is 11.5 Å². The molecule has 0 heterocycles. The Bertz CT molecular complexity index is 1410. The molecule has 2 aliphatic rings. The number of ether oxygens (including phenoxy) is 2. The number of rotatable bonds is 4. The lowest BCUT2D eigenvalue weighted by molar-refractivity contribution is 0.100. The van der Waals surface area contributed by atoms with Crippen LogP contribution in [-0.2, 0) is 0 Å². The zero-order valence-corrected chi connectivity index (χ0v) is 20.0. The quantitative estimate of drug-likeness (QED) is 0.325. The minimum absolute atomic E-state index is 0.0823. The SMILES string of the molecule is COc1ccc([C@H]2/C(=C3\C(=O)c4ccccc4[C@H]3c3ccc(OC)cc3)C(=O)c3ccccc32)cc1. The van der Waals surface area contributed by atoms with E-state index in [1.165, 1.54) is 0 Å². The lowest BCUT2D eigenvalue weighted by Gasteiger charge is -2.20. The van der Waals surface area contributed by atoms with Gasteiger partial charge in [-0.3, -0.25) is 9.59 Å². The normalized spacial score (nSPS) is 20.3. The first kappa shape index (κ1) is 22.1. The van der Waals surface area contributed by atoms with Crippen LogP contribution in [0.4, 0.5) is 0 Å². The number of carbonyl (C=O) groups excluding carboxylic acids is 2. The van der Waals surface area contributed by atoms with Crippen LogP contribution in [0.25, 0.3) is 0 Å². The number of methoxy groups -OCH3 is 2. The molecule has 4 aromatic carbocycles. The Labute approximate surface area is 209 Å². The summed E-state index contributed by atoms with van der Waals surface area (Å²) >= 11 is 0. The zero-order valence-electron chi connectivity index (χ0n) is 20.0. The van der Waals surface area contributed by atoms with Gasteiger partial charge in [-0.1, -0.05) is 72.8 Å². The van der Waals surface area contributed by atoms with E-state index in [1.807, 2.05) is 97.1 Å². The van der Waals surface area contributed by atoms with Gasteiger partial charge in [0.15, 0.2) is 11.6 Å². The third kappa shape index (κ3) is 3.29. The summed E-state index contributed by atoms with van der Waals surface area (Å²) in [4.78, 5) is 28.0. The molecule has 0 N–H and O–H groups in total. The van der Waals surface area contributed by atoms with Crippen LogP contribution in [0, 0.1) is 0 Å². The average molecular weight is 473 g/mol. The Morgan fingerprint density at radius 1 is 0.500 bits per heavy atom. The maximum absolute atomic E-state index is 14.0. The summed E-state index contributed by atoms with van der Waals surface area (Å²) in [5.41, 5.74) is 6.17. The molecule has 176 valence electrons. The topological polar surface area (TPSA) is 52.6 Å². The van der Waals surface area contributed by atoms with Gasteiger partial charge in [0.05, 0.1) is 14.2 Å². The van der Waals surface area contributed by atoms with E-state index in [-0.39, 0.29) is 23.4 Å². The summed E-state index contributed by atoms with van der Waals surface area (Å²) in [6.45, 7) is 0. The maximum atomic E-state index is 14.0. The van der Waals surface area contributed by atoms with Gasteiger partial charge >= 0.3 is 0 Å². The number of Topliss-reactive ketones (excluding diaryl/α,β-unsaturated/α-hetero) is 2. The molecule has 0 unspecified atom stereocenters. The summed E-state index contributed by atoms with van der Waals surface area (Å²) < 4.78 is 10.7. The van der Waals surface area contributed by atoms with E-state index in [1.54, 1.807) is 14.2 Å². The van der Waals surface area contributed by atoms with Crippen molar-refractivity contribution in [1.82, 2.24) is 0 Å². The molecule has 0 aromatic heterocycles. The molecule has 0 aliphatic heterocycles. The summed E-state index contributed by atoms with van der Waals surface area (Å²) in [5.74, 6) is 0.640. The summed E-state index contributed by atoms with van der Waals surface area (Å²) in [6.07, 6.45) is 0. The first-order valence-corrected chi connectivity index (χ1v) is 11.9. The maximum Gasteiger partial charge on any atom is 0.190 e. The fourth-order valence-corrected chi connectivity index (χ4v) is 5.62. The fourth-order valence-electron chi connectivity index (χ4n) is 5.62. The second-order valence-electron chi connectivity index (χ2n) is 9.07. The van der Waals surface area contributed by atoms with Gasteiger partial charge in [0, 0.05) is 34.1 Å². The minimum Gasteiger partial charge on any atom is -0.497 e. The highest BCUT2D eigenvalue weighted by atomic mass is 16.5. The van der Waals surface area contributed by atoms with E-state index in [2.05, 4.69) is 0 Å². The predicted molar refractivity (Wildman–Crippen MR) is 138 cm³/mol. The van der Waals surface area contributed by atoms with Gasteiger partial charge in [0.25, 0.3) is 0 Å². The van der Waals surface area contributed by atoms with E-state index >= 15 is 0 Å². The highest BCUT2D eigenvalue weighted by Gasteiger charge is 2.45. The molecule has 6 rings (SSSR count).